The molecule has 3 rings (SSSR count). The van der Waals surface area contributed by atoms with Crippen LogP contribution < -0.4 is 15.8 Å². The van der Waals surface area contributed by atoms with Gasteiger partial charge in [-0.15, -0.1) is 0 Å². The molecule has 1 aromatic carbocycles. The van der Waals surface area contributed by atoms with Crippen LogP contribution in [0.2, 0.25) is 5.02 Å². The number of alkyl halides is 1. The average Bonchev–Trinajstić information content (AvgIpc) is 3.06. The van der Waals surface area contributed by atoms with Crippen LogP contribution in [0.5, 0.6) is 5.75 Å². The van der Waals surface area contributed by atoms with Gasteiger partial charge in [-0.3, -0.25) is 28.5 Å². The monoisotopic (exact) mass is 577 g/mol. The fourth-order valence-electron chi connectivity index (χ4n) is 3.77. The van der Waals surface area contributed by atoms with E-state index in [2.05, 4.69) is 0 Å². The molecule has 0 amide bonds. The van der Waals surface area contributed by atoms with Gasteiger partial charge in [0, 0.05) is 17.3 Å². The van der Waals surface area contributed by atoms with E-state index in [9.17, 15) is 24.1 Å². The third kappa shape index (κ3) is 6.90. The number of carbonyl (C=O) groups is 1. The molecule has 1 aliphatic heterocycles. The van der Waals surface area contributed by atoms with Gasteiger partial charge >= 0.3 is 19.8 Å². The molecule has 12 nitrogen and oxygen atoms in total. The van der Waals surface area contributed by atoms with E-state index >= 15 is 4.39 Å². The molecule has 0 bridgehead atoms. The number of esters is 1. The zero-order valence-corrected chi connectivity index (χ0v) is 22.9. The summed E-state index contributed by atoms with van der Waals surface area (Å²) in [5, 5.41) is 11.1. The molecule has 2 aromatic rings. The largest absolute Gasteiger partial charge is 0.462 e. The summed E-state index contributed by atoms with van der Waals surface area (Å²) in [5.41, 5.74) is -4.11. The van der Waals surface area contributed by atoms with E-state index < -0.39 is 68.3 Å². The van der Waals surface area contributed by atoms with Crippen molar-refractivity contribution in [1.29, 1.82) is 0 Å². The van der Waals surface area contributed by atoms with Crippen molar-refractivity contribution < 1.29 is 37.7 Å². The van der Waals surface area contributed by atoms with Gasteiger partial charge in [0.2, 0.25) is 0 Å². The Hall–Kier alpha value is -2.54. The quantitative estimate of drug-likeness (QED) is 0.232. The summed E-state index contributed by atoms with van der Waals surface area (Å²) in [7, 11) is -3.31. The second-order valence-electron chi connectivity index (χ2n) is 8.99. The molecule has 15 heteroatoms. The number of hydrogen-bond donors (Lipinski definition) is 2. The molecule has 6 atom stereocenters. The van der Waals surface area contributed by atoms with Crippen LogP contribution in [0.15, 0.2) is 46.1 Å². The van der Waals surface area contributed by atoms with Gasteiger partial charge in [-0.05, 0) is 51.5 Å². The average molecular weight is 578 g/mol. The number of ether oxygens (including phenoxy) is 2. The minimum absolute atomic E-state index is 0.107. The lowest BCUT2D eigenvalue weighted by Crippen LogP contribution is -2.45. The molecule has 1 saturated heterocycles. The first-order valence-electron chi connectivity index (χ1n) is 11.8. The van der Waals surface area contributed by atoms with Crippen molar-refractivity contribution in [3.63, 3.8) is 0 Å². The molecule has 0 radical (unpaired) electrons. The lowest BCUT2D eigenvalue weighted by Gasteiger charge is -2.29. The molecular weight excluding hydrogens is 548 g/mol. The number of carbonyl (C=O) groups excluding carboxylic acids is 1. The van der Waals surface area contributed by atoms with Crippen molar-refractivity contribution in [2.45, 2.75) is 70.4 Å². The molecule has 1 aromatic heterocycles. The zero-order valence-electron chi connectivity index (χ0n) is 21.1. The number of nitrogens with one attached hydrogen (secondary N) is 1. The number of H-pyrrole nitrogens is 1. The van der Waals surface area contributed by atoms with Gasteiger partial charge in [-0.2, -0.15) is 0 Å². The van der Waals surface area contributed by atoms with Gasteiger partial charge in [0.1, 0.15) is 24.0 Å². The van der Waals surface area contributed by atoms with Crippen LogP contribution in [0.4, 0.5) is 4.39 Å². The fraction of sp³-hybridized carbons (Fsp3) is 0.522. The second-order valence-corrected chi connectivity index (χ2v) is 10.6. The Bertz CT molecular complexity index is 1250. The van der Waals surface area contributed by atoms with Crippen LogP contribution in [0.1, 0.15) is 40.3 Å². The van der Waals surface area contributed by atoms with Crippen LogP contribution in [0.25, 0.3) is 0 Å². The molecule has 0 aliphatic carbocycles. The molecule has 1 fully saturated rings. The standard InChI is InChI=1S/C23H30ClFN3O9P/c1-5-16(20(31)35-13(2)3)28(38(33)37-15-8-6-14(24)7-9-15)34-12-17-19(30)23(4,25)21(36-17)27-11-10-18(29)26-22(27)32/h6-11,13,16-17,19,21,30,38H,5,12H2,1-4H3,(H,26,29,32)/t16?,17-,19-,21-,23-/m1/s1. The lowest BCUT2D eigenvalue weighted by molar-refractivity contribution is -0.185. The number of hydrogen-bond acceptors (Lipinski definition) is 9. The van der Waals surface area contributed by atoms with E-state index in [1.807, 2.05) is 4.98 Å². The predicted octanol–water partition coefficient (Wildman–Crippen LogP) is 2.61. The third-order valence-corrected chi connectivity index (χ3v) is 7.15. The Kier molecular flexibility index (Phi) is 9.91. The number of halogens is 2. The Balaban J connectivity index is 1.83. The normalized spacial score (nSPS) is 24.9. The number of nitrogens with zero attached hydrogens (tertiary/aromatic N) is 2. The maximum Gasteiger partial charge on any atom is 0.331 e. The van der Waals surface area contributed by atoms with Crippen LogP contribution >= 0.6 is 19.8 Å². The maximum atomic E-state index is 15.5. The van der Waals surface area contributed by atoms with Crippen molar-refractivity contribution in [3.8, 4) is 5.75 Å². The van der Waals surface area contributed by atoms with Gasteiger partial charge < -0.3 is 19.1 Å². The molecule has 38 heavy (non-hydrogen) atoms. The Morgan fingerprint density at radius 2 is 1.97 bits per heavy atom. The Morgan fingerprint density at radius 3 is 2.55 bits per heavy atom. The number of hydroxylamine groups is 1. The number of aromatic amines is 1. The van der Waals surface area contributed by atoms with E-state index in [0.29, 0.717) is 5.02 Å². The summed E-state index contributed by atoms with van der Waals surface area (Å²) in [6, 6.07) is 5.81. The Morgan fingerprint density at radius 1 is 1.32 bits per heavy atom. The summed E-state index contributed by atoms with van der Waals surface area (Å²) >= 11 is 5.88. The van der Waals surface area contributed by atoms with Crippen LogP contribution in [-0.4, -0.2) is 62.1 Å². The van der Waals surface area contributed by atoms with E-state index in [-0.39, 0.29) is 12.2 Å². The summed E-state index contributed by atoms with van der Waals surface area (Å²) in [4.78, 5) is 44.8. The predicted molar refractivity (Wildman–Crippen MR) is 135 cm³/mol. The highest BCUT2D eigenvalue weighted by Gasteiger charge is 2.55. The van der Waals surface area contributed by atoms with Crippen molar-refractivity contribution in [1.82, 2.24) is 14.4 Å². The smallest absolute Gasteiger partial charge is 0.331 e. The fourth-order valence-corrected chi connectivity index (χ4v) is 5.05. The second kappa shape index (κ2) is 12.5. The molecule has 2 N–H and O–H groups in total. The minimum atomic E-state index is -3.31. The Labute approximate surface area is 223 Å². The van der Waals surface area contributed by atoms with E-state index in [4.69, 9.17) is 30.4 Å². The van der Waals surface area contributed by atoms with Crippen molar-refractivity contribution in [2.75, 3.05) is 6.61 Å². The molecule has 0 saturated carbocycles. The molecule has 2 heterocycles. The summed E-state index contributed by atoms with van der Waals surface area (Å²) < 4.78 is 45.9. The van der Waals surface area contributed by atoms with Gasteiger partial charge in [0.05, 0.1) is 12.7 Å². The number of aromatic nitrogens is 2. The van der Waals surface area contributed by atoms with Crippen molar-refractivity contribution in [3.05, 3.63) is 62.4 Å². The molecule has 0 spiro atoms. The third-order valence-electron chi connectivity index (χ3n) is 5.69. The summed E-state index contributed by atoms with van der Waals surface area (Å²) in [6.45, 7) is 5.39. The SMILES string of the molecule is CCC(C(=O)OC(C)C)N(OC[C@H]1O[C@@H](n2ccc(=O)[nH]c2=O)[C@](C)(F)[C@@H]1O)[PH](=O)Oc1ccc(Cl)cc1. The van der Waals surface area contributed by atoms with Crippen LogP contribution in [-0.2, 0) is 23.7 Å². The first kappa shape index (κ1) is 30.0. The molecule has 1 aliphatic rings. The number of benzene rings is 1. The van der Waals surface area contributed by atoms with E-state index in [1.54, 1.807) is 20.8 Å². The molecule has 210 valence electrons. The number of rotatable bonds is 11. The van der Waals surface area contributed by atoms with Gasteiger partial charge in [0.25, 0.3) is 5.56 Å². The molecular formula is C23H30ClFN3O9P. The van der Waals surface area contributed by atoms with Gasteiger partial charge in [-0.25, -0.2) is 9.18 Å². The molecule has 2 unspecified atom stereocenters. The van der Waals surface area contributed by atoms with Crippen LogP contribution in [0, 0.1) is 0 Å². The van der Waals surface area contributed by atoms with Gasteiger partial charge in [0.15, 0.2) is 11.9 Å². The first-order chi connectivity index (χ1) is 17.8. The first-order valence-corrected chi connectivity index (χ1v) is 13.4. The lowest BCUT2D eigenvalue weighted by atomic mass is 9.98. The van der Waals surface area contributed by atoms with Crippen molar-refractivity contribution in [2.24, 2.45) is 0 Å². The number of aliphatic hydroxyl groups is 1. The minimum Gasteiger partial charge on any atom is -0.462 e. The van der Waals surface area contributed by atoms with E-state index in [0.717, 1.165) is 28.6 Å². The summed E-state index contributed by atoms with van der Waals surface area (Å²) in [6.07, 6.45) is -4.09. The highest BCUT2D eigenvalue weighted by atomic mass is 35.5. The maximum absolute atomic E-state index is 15.5. The highest BCUT2D eigenvalue weighted by molar-refractivity contribution is 7.36. The topological polar surface area (TPSA) is 149 Å². The summed E-state index contributed by atoms with van der Waals surface area (Å²) in [5.74, 6) is -0.550. The van der Waals surface area contributed by atoms with Gasteiger partial charge in [-0.1, -0.05) is 23.4 Å². The van der Waals surface area contributed by atoms with Crippen LogP contribution in [0.3, 0.4) is 0 Å². The zero-order chi connectivity index (χ0) is 28.2. The van der Waals surface area contributed by atoms with Crippen molar-refractivity contribution >= 4 is 25.7 Å². The van der Waals surface area contributed by atoms with E-state index in [1.165, 1.54) is 24.3 Å². The number of aliphatic hydroxyl groups excluding tert-OH is 1. The highest BCUT2D eigenvalue weighted by Crippen LogP contribution is 2.42.